The van der Waals surface area contributed by atoms with E-state index in [-0.39, 0.29) is 24.6 Å². The summed E-state index contributed by atoms with van der Waals surface area (Å²) in [4.78, 5) is 10.2. The van der Waals surface area contributed by atoms with Crippen molar-refractivity contribution in [2.45, 2.75) is 0 Å². The number of aliphatic hydroxyl groups excluding tert-OH is 1. The number of rotatable bonds is 3. The average Bonchev–Trinajstić information content (AvgIpc) is 2.17. The van der Waals surface area contributed by atoms with E-state index in [2.05, 4.69) is 21.1 Å². The molecule has 0 unspecified atom stereocenters. The molecular formula is C12H21ClN2O3. The Kier molecular flexibility index (Phi) is 9.25. The van der Waals surface area contributed by atoms with Crippen LogP contribution in [0.15, 0.2) is 24.3 Å². The molecule has 3 N–H and O–H groups in total. The Morgan fingerprint density at radius 3 is 1.94 bits per heavy atom. The summed E-state index contributed by atoms with van der Waals surface area (Å²) in [6.07, 6.45) is 0. The van der Waals surface area contributed by atoms with Gasteiger partial charge in [0, 0.05) is 5.69 Å². The summed E-state index contributed by atoms with van der Waals surface area (Å²) in [6.45, 7) is 1.11. The molecule has 0 atom stereocenters. The summed E-state index contributed by atoms with van der Waals surface area (Å²) in [5, 5.41) is 18.5. The van der Waals surface area contributed by atoms with Crippen molar-refractivity contribution in [2.75, 3.05) is 40.0 Å². The standard InChI is InChI=1S/C7H7NO2.C5H14NO.ClH/c8-6-3-1-5(2-4-6)7(9)10;1-6(2,3)4-5-7;/h1-4H,8H2,(H,9,10);7H,4-5H2,1-3H3;1H/q;+1;/p-1. The van der Waals surface area contributed by atoms with E-state index in [1.165, 1.54) is 24.3 Å². The minimum absolute atomic E-state index is 0. The molecule has 0 aromatic heterocycles. The summed E-state index contributed by atoms with van der Waals surface area (Å²) < 4.78 is 0.844. The molecule has 0 aliphatic rings. The van der Waals surface area contributed by atoms with E-state index >= 15 is 0 Å². The lowest BCUT2D eigenvalue weighted by Gasteiger charge is -2.21. The first-order chi connectivity index (χ1) is 7.76. The lowest BCUT2D eigenvalue weighted by atomic mass is 10.2. The molecular weight excluding hydrogens is 256 g/mol. The van der Waals surface area contributed by atoms with Gasteiger partial charge in [-0.05, 0) is 17.7 Å². The van der Waals surface area contributed by atoms with Crippen molar-refractivity contribution in [1.82, 2.24) is 0 Å². The first-order valence-electron chi connectivity index (χ1n) is 5.24. The van der Waals surface area contributed by atoms with E-state index in [0.717, 1.165) is 11.0 Å². The maximum atomic E-state index is 10.2. The molecule has 1 aromatic carbocycles. The van der Waals surface area contributed by atoms with E-state index in [9.17, 15) is 9.90 Å². The number of hydrogen-bond acceptors (Lipinski definition) is 4. The Balaban J connectivity index is 0. The number of carboxylic acids is 1. The highest BCUT2D eigenvalue weighted by atomic mass is 35.5. The van der Waals surface area contributed by atoms with Crippen LogP contribution < -0.4 is 10.8 Å². The van der Waals surface area contributed by atoms with Crippen LogP contribution in [0.25, 0.3) is 0 Å². The van der Waals surface area contributed by atoms with Crippen LogP contribution in [0.4, 0.5) is 5.69 Å². The van der Waals surface area contributed by atoms with E-state index in [1.54, 1.807) is 0 Å². The third-order valence-electron chi connectivity index (χ3n) is 1.92. The molecule has 0 aliphatic heterocycles. The highest BCUT2D eigenvalue weighted by Crippen LogP contribution is 2.03. The number of aromatic carboxylic acids is 1. The highest BCUT2D eigenvalue weighted by molar-refractivity contribution is 5.86. The van der Waals surface area contributed by atoms with E-state index in [1.807, 2.05) is 0 Å². The summed E-state index contributed by atoms with van der Waals surface area (Å²) >= 11 is 0. The second-order valence-corrected chi connectivity index (χ2v) is 4.65. The van der Waals surface area contributed by atoms with Gasteiger partial charge in [0.05, 0.1) is 33.7 Å². The van der Waals surface area contributed by atoms with Crippen molar-refractivity contribution in [3.63, 3.8) is 0 Å². The first kappa shape index (κ1) is 19.0. The Bertz CT molecular complexity index is 347. The predicted molar refractivity (Wildman–Crippen MR) is 72.4 cm³/mol. The number of quaternary nitrogens is 1. The fraction of sp³-hybridized carbons (Fsp3) is 0.417. The van der Waals surface area contributed by atoms with Crippen molar-refractivity contribution in [3.8, 4) is 0 Å². The molecule has 0 saturated carbocycles. The molecule has 0 aliphatic carbocycles. The van der Waals surface area contributed by atoms with Gasteiger partial charge < -0.3 is 25.2 Å². The summed E-state index contributed by atoms with van der Waals surface area (Å²) in [5.41, 5.74) is 6.01. The van der Waals surface area contributed by atoms with Gasteiger partial charge in [-0.2, -0.15) is 0 Å². The Labute approximate surface area is 114 Å². The van der Waals surface area contributed by atoms with Crippen LogP contribution in [0, 0.1) is 0 Å². The second kappa shape index (κ2) is 8.74. The average molecular weight is 277 g/mol. The van der Waals surface area contributed by atoms with Gasteiger partial charge in [-0.3, -0.25) is 0 Å². The summed E-state index contributed by atoms with van der Waals surface area (Å²) in [7, 11) is 6.16. The molecule has 0 amide bonds. The van der Waals surface area contributed by atoms with Gasteiger partial charge in [0.25, 0.3) is 0 Å². The zero-order valence-corrected chi connectivity index (χ0v) is 11.7. The molecule has 0 spiro atoms. The van der Waals surface area contributed by atoms with E-state index in [4.69, 9.17) is 10.8 Å². The van der Waals surface area contributed by atoms with Gasteiger partial charge in [-0.25, -0.2) is 0 Å². The number of carboxylic acid groups (broad SMARTS) is 1. The van der Waals surface area contributed by atoms with E-state index in [0.29, 0.717) is 5.69 Å². The zero-order valence-electron chi connectivity index (χ0n) is 10.9. The quantitative estimate of drug-likeness (QED) is 0.588. The van der Waals surface area contributed by atoms with Gasteiger partial charge in [-0.1, -0.05) is 12.1 Å². The van der Waals surface area contributed by atoms with Gasteiger partial charge in [-0.15, -0.1) is 12.4 Å². The van der Waals surface area contributed by atoms with Gasteiger partial charge in [0.15, 0.2) is 0 Å². The molecule has 104 valence electrons. The number of carbonyl (C=O) groups excluding carboxylic acids is 1. The fourth-order valence-electron chi connectivity index (χ4n) is 0.919. The van der Waals surface area contributed by atoms with E-state index < -0.39 is 5.97 Å². The summed E-state index contributed by atoms with van der Waals surface area (Å²) in [6, 6.07) is 5.85. The zero-order chi connectivity index (χ0) is 13.5. The minimum Gasteiger partial charge on any atom is -0.545 e. The van der Waals surface area contributed by atoms with Crippen molar-refractivity contribution in [2.24, 2.45) is 0 Å². The number of nitrogens with zero attached hydrogens (tertiary/aromatic N) is 1. The SMILES string of the molecule is C[N+](C)(C)CCO.Cl.Nc1ccc(C(=O)[O-])cc1. The van der Waals surface area contributed by atoms with Crippen molar-refractivity contribution < 1.29 is 19.5 Å². The number of anilines is 1. The van der Waals surface area contributed by atoms with Crippen molar-refractivity contribution >= 4 is 24.1 Å². The normalized spacial score (nSPS) is 9.78. The second-order valence-electron chi connectivity index (χ2n) is 4.65. The fourth-order valence-corrected chi connectivity index (χ4v) is 0.919. The lowest BCUT2D eigenvalue weighted by molar-refractivity contribution is -0.870. The number of halogens is 1. The molecule has 0 saturated heterocycles. The number of hydrogen-bond donors (Lipinski definition) is 2. The Morgan fingerprint density at radius 2 is 1.72 bits per heavy atom. The molecule has 5 nitrogen and oxygen atoms in total. The van der Waals surface area contributed by atoms with Crippen molar-refractivity contribution in [3.05, 3.63) is 29.8 Å². The van der Waals surface area contributed by atoms with Crippen LogP contribution in [-0.2, 0) is 0 Å². The molecule has 18 heavy (non-hydrogen) atoms. The largest absolute Gasteiger partial charge is 0.545 e. The predicted octanol–water partition coefficient (Wildman–Crippen LogP) is -0.261. The monoisotopic (exact) mass is 276 g/mol. The molecule has 0 fully saturated rings. The van der Waals surface area contributed by atoms with Gasteiger partial charge in [0.2, 0.25) is 0 Å². The van der Waals surface area contributed by atoms with Crippen molar-refractivity contribution in [1.29, 1.82) is 0 Å². The lowest BCUT2D eigenvalue weighted by Crippen LogP contribution is -2.36. The highest BCUT2D eigenvalue weighted by Gasteiger charge is 2.02. The van der Waals surface area contributed by atoms with Gasteiger partial charge >= 0.3 is 0 Å². The number of nitrogen functional groups attached to an aromatic ring is 1. The first-order valence-corrected chi connectivity index (χ1v) is 5.24. The number of aliphatic hydroxyl groups is 1. The Morgan fingerprint density at radius 1 is 1.28 bits per heavy atom. The minimum atomic E-state index is -1.18. The van der Waals surface area contributed by atoms with Crippen LogP contribution in [-0.4, -0.2) is 49.9 Å². The molecule has 6 heteroatoms. The molecule has 1 rings (SSSR count). The molecule has 0 radical (unpaired) electrons. The smallest absolute Gasteiger partial charge is 0.101 e. The molecule has 1 aromatic rings. The number of likely N-dealkylation sites (N-methyl/N-ethyl adjacent to an activating group) is 1. The van der Waals surface area contributed by atoms with Crippen LogP contribution in [0.2, 0.25) is 0 Å². The molecule has 0 heterocycles. The van der Waals surface area contributed by atoms with Crippen LogP contribution in [0.5, 0.6) is 0 Å². The summed E-state index contributed by atoms with van der Waals surface area (Å²) in [5.74, 6) is -1.18. The molecule has 0 bridgehead atoms. The number of nitrogens with two attached hydrogens (primary N) is 1. The maximum absolute atomic E-state index is 10.2. The van der Waals surface area contributed by atoms with Gasteiger partial charge in [0.1, 0.15) is 6.54 Å². The number of carbonyl (C=O) groups is 1. The van der Waals surface area contributed by atoms with Crippen LogP contribution >= 0.6 is 12.4 Å². The maximum Gasteiger partial charge on any atom is 0.101 e. The number of benzene rings is 1. The van der Waals surface area contributed by atoms with Crippen LogP contribution in [0.1, 0.15) is 10.4 Å². The third kappa shape index (κ3) is 9.89. The topological polar surface area (TPSA) is 86.4 Å². The Hall–Kier alpha value is -1.30. The third-order valence-corrected chi connectivity index (χ3v) is 1.92. The van der Waals surface area contributed by atoms with Crippen LogP contribution in [0.3, 0.4) is 0 Å².